The van der Waals surface area contributed by atoms with Crippen LogP contribution in [-0.4, -0.2) is 21.7 Å². The van der Waals surface area contributed by atoms with Gasteiger partial charge >= 0.3 is 0 Å². The van der Waals surface area contributed by atoms with Crippen molar-refractivity contribution in [2.45, 2.75) is 13.5 Å². The Morgan fingerprint density at radius 2 is 2.17 bits per heavy atom. The molecule has 0 bridgehead atoms. The normalized spacial score (nSPS) is 9.78. The standard InChI is InChI=1S/C13H13N5/c1-2-18(10-12-5-3-4-7-15-12)13-11(9-14)6-8-16-17-13/h3-8H,2,10H2,1H3. The van der Waals surface area contributed by atoms with Crippen LogP contribution in [0.5, 0.6) is 0 Å². The Labute approximate surface area is 106 Å². The maximum Gasteiger partial charge on any atom is 0.169 e. The molecule has 0 N–H and O–H groups in total. The lowest BCUT2D eigenvalue weighted by atomic mass is 10.2. The first-order valence-electron chi connectivity index (χ1n) is 5.71. The molecule has 5 heteroatoms. The molecule has 2 aromatic heterocycles. The number of hydrogen-bond donors (Lipinski definition) is 0. The molecule has 5 nitrogen and oxygen atoms in total. The molecule has 18 heavy (non-hydrogen) atoms. The molecule has 0 fully saturated rings. The summed E-state index contributed by atoms with van der Waals surface area (Å²) in [7, 11) is 0. The van der Waals surface area contributed by atoms with E-state index in [4.69, 9.17) is 5.26 Å². The van der Waals surface area contributed by atoms with Crippen LogP contribution >= 0.6 is 0 Å². The summed E-state index contributed by atoms with van der Waals surface area (Å²) in [6.45, 7) is 3.37. The van der Waals surface area contributed by atoms with Crippen molar-refractivity contribution in [1.29, 1.82) is 5.26 Å². The van der Waals surface area contributed by atoms with Crippen LogP contribution in [0.3, 0.4) is 0 Å². The van der Waals surface area contributed by atoms with Gasteiger partial charge in [0, 0.05) is 12.7 Å². The van der Waals surface area contributed by atoms with E-state index in [9.17, 15) is 0 Å². The van der Waals surface area contributed by atoms with E-state index in [1.165, 1.54) is 6.20 Å². The van der Waals surface area contributed by atoms with Gasteiger partial charge in [0.1, 0.15) is 6.07 Å². The number of anilines is 1. The van der Waals surface area contributed by atoms with Crippen molar-refractivity contribution in [3.63, 3.8) is 0 Å². The monoisotopic (exact) mass is 239 g/mol. The zero-order valence-corrected chi connectivity index (χ0v) is 10.1. The molecular formula is C13H13N5. The zero-order chi connectivity index (χ0) is 12.8. The summed E-state index contributed by atoms with van der Waals surface area (Å²) in [6, 6.07) is 9.57. The summed E-state index contributed by atoms with van der Waals surface area (Å²) in [6.07, 6.45) is 3.28. The van der Waals surface area contributed by atoms with Gasteiger partial charge in [-0.1, -0.05) is 6.07 Å². The van der Waals surface area contributed by atoms with Crippen LogP contribution in [0.2, 0.25) is 0 Å². The predicted octanol–water partition coefficient (Wildman–Crippen LogP) is 1.77. The third-order valence-corrected chi connectivity index (χ3v) is 2.58. The maximum atomic E-state index is 9.07. The summed E-state index contributed by atoms with van der Waals surface area (Å²) >= 11 is 0. The minimum atomic E-state index is 0.530. The lowest BCUT2D eigenvalue weighted by Crippen LogP contribution is -2.24. The molecule has 0 radical (unpaired) electrons. The summed E-state index contributed by atoms with van der Waals surface area (Å²) < 4.78 is 0. The van der Waals surface area contributed by atoms with Crippen molar-refractivity contribution in [3.05, 3.63) is 47.9 Å². The second-order valence-corrected chi connectivity index (χ2v) is 3.72. The van der Waals surface area contributed by atoms with E-state index in [0.29, 0.717) is 17.9 Å². The van der Waals surface area contributed by atoms with Gasteiger partial charge in [0.2, 0.25) is 0 Å². The Hall–Kier alpha value is -2.48. The average molecular weight is 239 g/mol. The van der Waals surface area contributed by atoms with E-state index in [2.05, 4.69) is 21.3 Å². The van der Waals surface area contributed by atoms with Crippen molar-refractivity contribution in [1.82, 2.24) is 15.2 Å². The van der Waals surface area contributed by atoms with E-state index >= 15 is 0 Å². The molecule has 0 saturated heterocycles. The number of aromatic nitrogens is 3. The molecule has 90 valence electrons. The fourth-order valence-corrected chi connectivity index (χ4v) is 1.67. The molecule has 0 aliphatic carbocycles. The van der Waals surface area contributed by atoms with Crippen LogP contribution in [-0.2, 0) is 6.54 Å². The minimum absolute atomic E-state index is 0.530. The van der Waals surface area contributed by atoms with E-state index in [1.807, 2.05) is 30.0 Å². The van der Waals surface area contributed by atoms with E-state index < -0.39 is 0 Å². The number of hydrogen-bond acceptors (Lipinski definition) is 5. The van der Waals surface area contributed by atoms with Gasteiger partial charge in [-0.15, -0.1) is 5.10 Å². The van der Waals surface area contributed by atoms with Crippen molar-refractivity contribution >= 4 is 5.82 Å². The smallest absolute Gasteiger partial charge is 0.169 e. The lowest BCUT2D eigenvalue weighted by Gasteiger charge is -2.21. The van der Waals surface area contributed by atoms with Gasteiger partial charge in [-0.25, -0.2) is 0 Å². The largest absolute Gasteiger partial charge is 0.348 e. The fourth-order valence-electron chi connectivity index (χ4n) is 1.67. The average Bonchev–Trinajstić information content (AvgIpc) is 2.46. The summed E-state index contributed by atoms with van der Waals surface area (Å²) in [5.41, 5.74) is 1.47. The molecule has 2 aromatic rings. The first-order chi connectivity index (χ1) is 8.85. The molecule has 0 aliphatic heterocycles. The fraction of sp³-hybridized carbons (Fsp3) is 0.231. The Morgan fingerprint density at radius 1 is 1.28 bits per heavy atom. The Balaban J connectivity index is 2.27. The molecule has 2 heterocycles. The van der Waals surface area contributed by atoms with E-state index in [-0.39, 0.29) is 0 Å². The molecule has 0 aliphatic rings. The van der Waals surface area contributed by atoms with Gasteiger partial charge in [-0.3, -0.25) is 4.98 Å². The second-order valence-electron chi connectivity index (χ2n) is 3.72. The molecule has 0 saturated carbocycles. The molecule has 0 unspecified atom stereocenters. The first-order valence-corrected chi connectivity index (χ1v) is 5.71. The molecular weight excluding hydrogens is 226 g/mol. The maximum absolute atomic E-state index is 9.07. The molecule has 0 aromatic carbocycles. The van der Waals surface area contributed by atoms with Crippen LogP contribution in [0.25, 0.3) is 0 Å². The van der Waals surface area contributed by atoms with Crippen molar-refractivity contribution in [2.75, 3.05) is 11.4 Å². The predicted molar refractivity (Wildman–Crippen MR) is 67.7 cm³/mol. The Morgan fingerprint density at radius 3 is 2.83 bits per heavy atom. The third-order valence-electron chi connectivity index (χ3n) is 2.58. The van der Waals surface area contributed by atoms with Crippen LogP contribution in [0.4, 0.5) is 5.82 Å². The van der Waals surface area contributed by atoms with Gasteiger partial charge in [0.15, 0.2) is 5.82 Å². The summed E-state index contributed by atoms with van der Waals surface area (Å²) in [5.74, 6) is 0.605. The molecule has 0 amide bonds. The van der Waals surface area contributed by atoms with Crippen molar-refractivity contribution in [2.24, 2.45) is 0 Å². The number of pyridine rings is 1. The summed E-state index contributed by atoms with van der Waals surface area (Å²) in [4.78, 5) is 6.25. The van der Waals surface area contributed by atoms with Gasteiger partial charge < -0.3 is 4.90 Å². The lowest BCUT2D eigenvalue weighted by molar-refractivity contribution is 0.777. The number of nitrogens with zero attached hydrogens (tertiary/aromatic N) is 5. The highest BCUT2D eigenvalue weighted by molar-refractivity contribution is 5.52. The van der Waals surface area contributed by atoms with Gasteiger partial charge in [0.05, 0.1) is 24.0 Å². The Bertz CT molecular complexity index is 547. The Kier molecular flexibility index (Phi) is 3.82. The van der Waals surface area contributed by atoms with E-state index in [1.54, 1.807) is 12.3 Å². The quantitative estimate of drug-likeness (QED) is 0.813. The number of rotatable bonds is 4. The highest BCUT2D eigenvalue weighted by atomic mass is 15.3. The van der Waals surface area contributed by atoms with Crippen LogP contribution in [0.15, 0.2) is 36.7 Å². The third kappa shape index (κ3) is 2.61. The van der Waals surface area contributed by atoms with Crippen LogP contribution < -0.4 is 4.90 Å². The molecule has 0 spiro atoms. The zero-order valence-electron chi connectivity index (χ0n) is 10.1. The van der Waals surface area contributed by atoms with Gasteiger partial charge in [0.25, 0.3) is 0 Å². The molecule has 0 atom stereocenters. The topological polar surface area (TPSA) is 65.7 Å². The second kappa shape index (κ2) is 5.73. The van der Waals surface area contributed by atoms with E-state index in [0.717, 1.165) is 12.2 Å². The highest BCUT2D eigenvalue weighted by Gasteiger charge is 2.12. The van der Waals surface area contributed by atoms with Gasteiger partial charge in [-0.05, 0) is 25.1 Å². The van der Waals surface area contributed by atoms with Crippen molar-refractivity contribution < 1.29 is 0 Å². The minimum Gasteiger partial charge on any atom is -0.348 e. The molecule has 2 rings (SSSR count). The summed E-state index contributed by atoms with van der Waals surface area (Å²) in [5, 5.41) is 17.0. The number of nitriles is 1. The van der Waals surface area contributed by atoms with Crippen LogP contribution in [0.1, 0.15) is 18.2 Å². The SMILES string of the molecule is CCN(Cc1ccccn1)c1nnccc1C#N. The first kappa shape index (κ1) is 12.0. The van der Waals surface area contributed by atoms with Crippen molar-refractivity contribution in [3.8, 4) is 6.07 Å². The van der Waals surface area contributed by atoms with Gasteiger partial charge in [-0.2, -0.15) is 10.4 Å². The highest BCUT2D eigenvalue weighted by Crippen LogP contribution is 2.16. The van der Waals surface area contributed by atoms with Crippen LogP contribution in [0, 0.1) is 11.3 Å².